The van der Waals surface area contributed by atoms with Gasteiger partial charge in [0.25, 0.3) is 0 Å². The Balaban J connectivity index is 3.81. The average Bonchev–Trinajstić information content (AvgIpc) is 2.47. The second kappa shape index (κ2) is 13.2. The summed E-state index contributed by atoms with van der Waals surface area (Å²) in [5.41, 5.74) is 2.07. The molecule has 138 valence electrons. The molecule has 0 rings (SSSR count). The highest BCUT2D eigenvalue weighted by atomic mass is 28.4. The summed E-state index contributed by atoms with van der Waals surface area (Å²) in [6, 6.07) is 0. The zero-order valence-electron chi connectivity index (χ0n) is 16.7. The van der Waals surface area contributed by atoms with Gasteiger partial charge in [0.05, 0.1) is 0 Å². The Labute approximate surface area is 146 Å². The quantitative estimate of drug-likeness (QED) is 0.184. The number of aldehydes is 1. The first-order valence-electron chi connectivity index (χ1n) is 9.97. The van der Waals surface area contributed by atoms with Gasteiger partial charge in [0.15, 0.2) is 8.32 Å². The van der Waals surface area contributed by atoms with E-state index in [-0.39, 0.29) is 0 Å². The summed E-state index contributed by atoms with van der Waals surface area (Å²) in [6.07, 6.45) is 11.9. The van der Waals surface area contributed by atoms with Crippen molar-refractivity contribution in [3.63, 3.8) is 0 Å². The maximum absolute atomic E-state index is 10.2. The Morgan fingerprint density at radius 3 is 1.48 bits per heavy atom. The van der Waals surface area contributed by atoms with Gasteiger partial charge < -0.3 is 9.22 Å². The van der Waals surface area contributed by atoms with Crippen LogP contribution in [-0.2, 0) is 9.22 Å². The molecule has 0 aromatic carbocycles. The first-order chi connectivity index (χ1) is 10.9. The minimum absolute atomic E-state index is 0.689. The third-order valence-electron chi connectivity index (χ3n) is 5.28. The third kappa shape index (κ3) is 8.48. The van der Waals surface area contributed by atoms with Crippen LogP contribution in [0.5, 0.6) is 0 Å². The fourth-order valence-electron chi connectivity index (χ4n) is 4.14. The molecule has 0 radical (unpaired) electrons. The van der Waals surface area contributed by atoms with E-state index < -0.39 is 8.32 Å². The molecule has 0 aromatic heterocycles. The van der Waals surface area contributed by atoms with Crippen LogP contribution in [0.1, 0.15) is 99.3 Å². The summed E-state index contributed by atoms with van der Waals surface area (Å²) in [6.45, 7) is 15.1. The summed E-state index contributed by atoms with van der Waals surface area (Å²) in [5.74, 6) is 0. The second-order valence-electron chi connectivity index (χ2n) is 7.95. The highest BCUT2D eigenvalue weighted by Gasteiger charge is 2.44. The molecule has 0 aliphatic heterocycles. The van der Waals surface area contributed by atoms with Gasteiger partial charge in [-0.1, -0.05) is 80.1 Å². The molecule has 0 bridgehead atoms. The first kappa shape index (κ1) is 22.8. The number of carbonyl (C=O) groups is 1. The van der Waals surface area contributed by atoms with Crippen molar-refractivity contribution in [3.8, 4) is 0 Å². The van der Waals surface area contributed by atoms with Crippen molar-refractivity contribution in [3.05, 3.63) is 0 Å². The zero-order chi connectivity index (χ0) is 17.7. The maximum Gasteiger partial charge on any atom is 0.200 e. The molecule has 0 fully saturated rings. The number of hydrogen-bond donors (Lipinski definition) is 0. The summed E-state index contributed by atoms with van der Waals surface area (Å²) >= 11 is 0. The van der Waals surface area contributed by atoms with Crippen LogP contribution < -0.4 is 0 Å². The topological polar surface area (TPSA) is 26.3 Å². The lowest BCUT2D eigenvalue weighted by atomic mass is 10.1. The molecular weight excluding hydrogens is 300 g/mol. The second-order valence-corrected chi connectivity index (χ2v) is 13.4. The van der Waals surface area contributed by atoms with Crippen LogP contribution in [0.4, 0.5) is 0 Å². The summed E-state index contributed by atoms with van der Waals surface area (Å²) < 4.78 is 6.59. The molecule has 0 saturated heterocycles. The van der Waals surface area contributed by atoms with Gasteiger partial charge >= 0.3 is 0 Å². The SMILES string of the molecule is CC(C)[Si](OCCCCCCCCCCC=O)(C(C)C)C(C)C. The summed E-state index contributed by atoms with van der Waals surface area (Å²) in [4.78, 5) is 10.2. The molecule has 2 nitrogen and oxygen atoms in total. The molecule has 3 heteroatoms. The fourth-order valence-corrected chi connectivity index (χ4v) is 9.64. The molecule has 0 saturated carbocycles. The van der Waals surface area contributed by atoms with Crippen molar-refractivity contribution in [1.82, 2.24) is 0 Å². The molecular formula is C20H42O2Si. The molecule has 0 aliphatic rings. The van der Waals surface area contributed by atoms with Crippen LogP contribution in [-0.4, -0.2) is 21.2 Å². The molecule has 0 spiro atoms. The molecule has 23 heavy (non-hydrogen) atoms. The fraction of sp³-hybridized carbons (Fsp3) is 0.950. The molecule has 0 unspecified atom stereocenters. The van der Waals surface area contributed by atoms with E-state index >= 15 is 0 Å². The van der Waals surface area contributed by atoms with Crippen LogP contribution >= 0.6 is 0 Å². The Morgan fingerprint density at radius 1 is 0.696 bits per heavy atom. The molecule has 0 N–H and O–H groups in total. The maximum atomic E-state index is 10.2. The number of carbonyl (C=O) groups excluding carboxylic acids is 1. The number of hydrogen-bond acceptors (Lipinski definition) is 2. The monoisotopic (exact) mass is 342 g/mol. The van der Waals surface area contributed by atoms with Gasteiger partial charge in [-0.25, -0.2) is 0 Å². The van der Waals surface area contributed by atoms with Crippen molar-refractivity contribution in [2.45, 2.75) is 116 Å². The van der Waals surface area contributed by atoms with Crippen LogP contribution in [0.25, 0.3) is 0 Å². The summed E-state index contributed by atoms with van der Waals surface area (Å²) in [5, 5.41) is 0. The van der Waals surface area contributed by atoms with Crippen LogP contribution in [0.3, 0.4) is 0 Å². The molecule has 0 aliphatic carbocycles. The van der Waals surface area contributed by atoms with Gasteiger partial charge in [-0.3, -0.25) is 0 Å². The third-order valence-corrected chi connectivity index (χ3v) is 11.4. The predicted octanol–water partition coefficient (Wildman–Crippen LogP) is 6.89. The van der Waals surface area contributed by atoms with Gasteiger partial charge in [0, 0.05) is 13.0 Å². The first-order valence-corrected chi connectivity index (χ1v) is 12.1. The van der Waals surface area contributed by atoms with E-state index in [9.17, 15) is 4.79 Å². The van der Waals surface area contributed by atoms with Crippen molar-refractivity contribution in [1.29, 1.82) is 0 Å². The van der Waals surface area contributed by atoms with E-state index in [0.29, 0.717) is 16.6 Å². The van der Waals surface area contributed by atoms with E-state index in [1.807, 2.05) is 0 Å². The number of unbranched alkanes of at least 4 members (excludes halogenated alkanes) is 8. The number of rotatable bonds is 15. The zero-order valence-corrected chi connectivity index (χ0v) is 17.7. The Morgan fingerprint density at radius 2 is 1.09 bits per heavy atom. The van der Waals surface area contributed by atoms with Crippen molar-refractivity contribution in [2.75, 3.05) is 6.61 Å². The van der Waals surface area contributed by atoms with Gasteiger partial charge in [0.1, 0.15) is 6.29 Å². The lowest BCUT2D eigenvalue weighted by Crippen LogP contribution is -2.47. The van der Waals surface area contributed by atoms with Crippen molar-refractivity contribution >= 4 is 14.6 Å². The van der Waals surface area contributed by atoms with Crippen molar-refractivity contribution < 1.29 is 9.22 Å². The molecule has 0 aromatic rings. The van der Waals surface area contributed by atoms with Crippen LogP contribution in [0.15, 0.2) is 0 Å². The lowest BCUT2D eigenvalue weighted by molar-refractivity contribution is -0.107. The van der Waals surface area contributed by atoms with Crippen LogP contribution in [0.2, 0.25) is 16.6 Å². The van der Waals surface area contributed by atoms with E-state index in [4.69, 9.17) is 4.43 Å². The highest BCUT2D eigenvalue weighted by molar-refractivity contribution is 6.77. The Bertz CT molecular complexity index is 266. The van der Waals surface area contributed by atoms with E-state index in [2.05, 4.69) is 41.5 Å². The van der Waals surface area contributed by atoms with Gasteiger partial charge in [-0.05, 0) is 29.5 Å². The van der Waals surface area contributed by atoms with Gasteiger partial charge in [-0.15, -0.1) is 0 Å². The van der Waals surface area contributed by atoms with Gasteiger partial charge in [-0.2, -0.15) is 0 Å². The predicted molar refractivity (Wildman–Crippen MR) is 105 cm³/mol. The molecule has 0 amide bonds. The van der Waals surface area contributed by atoms with E-state index in [1.165, 1.54) is 44.9 Å². The molecule has 0 heterocycles. The largest absolute Gasteiger partial charge is 0.416 e. The minimum atomic E-state index is -1.65. The highest BCUT2D eigenvalue weighted by Crippen LogP contribution is 2.42. The Hall–Kier alpha value is -0.153. The smallest absolute Gasteiger partial charge is 0.200 e. The lowest BCUT2D eigenvalue weighted by Gasteiger charge is -2.42. The van der Waals surface area contributed by atoms with Crippen LogP contribution in [0, 0.1) is 0 Å². The minimum Gasteiger partial charge on any atom is -0.416 e. The molecule has 0 atom stereocenters. The van der Waals surface area contributed by atoms with Crippen molar-refractivity contribution in [2.24, 2.45) is 0 Å². The van der Waals surface area contributed by atoms with Gasteiger partial charge in [0.2, 0.25) is 0 Å². The van der Waals surface area contributed by atoms with E-state index in [0.717, 1.165) is 25.7 Å². The summed E-state index contributed by atoms with van der Waals surface area (Å²) in [7, 11) is -1.65. The Kier molecular flexibility index (Phi) is 13.1. The standard InChI is InChI=1S/C20H42O2Si/c1-18(2)23(19(3)4,20(5)6)22-17-15-13-11-9-7-8-10-12-14-16-21/h16,18-20H,7-15,17H2,1-6H3. The average molecular weight is 343 g/mol. The normalized spacial score (nSPS) is 12.6. The van der Waals surface area contributed by atoms with E-state index in [1.54, 1.807) is 0 Å².